The number of nitrogens with one attached hydrogen (secondary N) is 1. The predicted molar refractivity (Wildman–Crippen MR) is 55.9 cm³/mol. The van der Waals surface area contributed by atoms with Gasteiger partial charge in [0.2, 0.25) is 5.89 Å². The van der Waals surface area contributed by atoms with Gasteiger partial charge in [0, 0.05) is 6.61 Å². The molecule has 0 bridgehead atoms. The van der Waals surface area contributed by atoms with Crippen LogP contribution in [0.4, 0.5) is 6.01 Å². The lowest BCUT2D eigenvalue weighted by Gasteiger charge is -2.25. The van der Waals surface area contributed by atoms with E-state index >= 15 is 0 Å². The Balaban J connectivity index is 2.05. The molecule has 0 saturated carbocycles. The summed E-state index contributed by atoms with van der Waals surface area (Å²) in [7, 11) is 0. The lowest BCUT2D eigenvalue weighted by Crippen LogP contribution is -2.38. The van der Waals surface area contributed by atoms with E-state index in [2.05, 4.69) is 22.4 Å². The number of ether oxygens (including phenoxy) is 1. The summed E-state index contributed by atoms with van der Waals surface area (Å²) in [5.41, 5.74) is -0.0594. The first-order chi connectivity index (χ1) is 7.28. The Bertz CT molecular complexity index is 323. The van der Waals surface area contributed by atoms with Crippen molar-refractivity contribution in [1.82, 2.24) is 10.2 Å². The van der Waals surface area contributed by atoms with Gasteiger partial charge >= 0.3 is 6.01 Å². The van der Waals surface area contributed by atoms with Crippen LogP contribution in [0.5, 0.6) is 0 Å². The highest BCUT2D eigenvalue weighted by molar-refractivity contribution is 6.16. The van der Waals surface area contributed by atoms with Gasteiger partial charge in [-0.05, 0) is 12.8 Å². The average molecular weight is 232 g/mol. The maximum absolute atomic E-state index is 5.58. The zero-order chi connectivity index (χ0) is 10.7. The molecule has 0 radical (unpaired) electrons. The van der Waals surface area contributed by atoms with E-state index in [1.54, 1.807) is 0 Å². The lowest BCUT2D eigenvalue weighted by molar-refractivity contribution is 0.180. The summed E-state index contributed by atoms with van der Waals surface area (Å²) < 4.78 is 10.7. The molecule has 0 aromatic carbocycles. The van der Waals surface area contributed by atoms with Crippen LogP contribution in [0.15, 0.2) is 4.42 Å². The van der Waals surface area contributed by atoms with Crippen LogP contribution in [0.3, 0.4) is 0 Å². The Morgan fingerprint density at radius 2 is 2.40 bits per heavy atom. The molecule has 15 heavy (non-hydrogen) atoms. The number of nitrogens with zero attached hydrogens (tertiary/aromatic N) is 2. The second-order valence-electron chi connectivity index (χ2n) is 3.70. The van der Waals surface area contributed by atoms with Crippen molar-refractivity contribution in [2.24, 2.45) is 0 Å². The standard InChI is InChI=1S/C9H14ClN3O2/c1-2-9(3-4-14-6-9)11-8-13-12-7(5-10)15-8/h2-6H2,1H3,(H,11,13). The Morgan fingerprint density at radius 1 is 1.53 bits per heavy atom. The first-order valence-electron chi connectivity index (χ1n) is 5.02. The Kier molecular flexibility index (Phi) is 3.11. The van der Waals surface area contributed by atoms with E-state index in [1.807, 2.05) is 0 Å². The zero-order valence-corrected chi connectivity index (χ0v) is 9.38. The predicted octanol–water partition coefficient (Wildman–Crippen LogP) is 1.79. The van der Waals surface area contributed by atoms with Crippen molar-refractivity contribution in [2.45, 2.75) is 31.2 Å². The Morgan fingerprint density at radius 3 is 2.93 bits per heavy atom. The van der Waals surface area contributed by atoms with E-state index in [4.69, 9.17) is 20.8 Å². The SMILES string of the molecule is CCC1(Nc2nnc(CCl)o2)CCOC1. The molecule has 5 nitrogen and oxygen atoms in total. The molecule has 0 aliphatic carbocycles. The van der Waals surface area contributed by atoms with Crippen molar-refractivity contribution in [3.63, 3.8) is 0 Å². The van der Waals surface area contributed by atoms with Crippen LogP contribution in [-0.4, -0.2) is 29.0 Å². The number of anilines is 1. The van der Waals surface area contributed by atoms with Crippen LogP contribution in [0.25, 0.3) is 0 Å². The van der Waals surface area contributed by atoms with Crippen molar-refractivity contribution >= 4 is 17.6 Å². The van der Waals surface area contributed by atoms with Crippen molar-refractivity contribution in [3.05, 3.63) is 5.89 Å². The first-order valence-corrected chi connectivity index (χ1v) is 5.56. The molecular weight excluding hydrogens is 218 g/mol. The molecule has 2 heterocycles. The first kappa shape index (κ1) is 10.7. The summed E-state index contributed by atoms with van der Waals surface area (Å²) in [6.45, 7) is 3.57. The van der Waals surface area contributed by atoms with Crippen LogP contribution in [-0.2, 0) is 10.6 Å². The third-order valence-corrected chi connectivity index (χ3v) is 2.96. The molecule has 2 rings (SSSR count). The average Bonchev–Trinajstić information content (AvgIpc) is 2.88. The van der Waals surface area contributed by atoms with Gasteiger partial charge in [0.25, 0.3) is 0 Å². The lowest BCUT2D eigenvalue weighted by atomic mass is 9.96. The Hall–Kier alpha value is -0.810. The fourth-order valence-electron chi connectivity index (χ4n) is 1.66. The summed E-state index contributed by atoms with van der Waals surface area (Å²) in [6.07, 6.45) is 1.92. The highest BCUT2D eigenvalue weighted by atomic mass is 35.5. The number of alkyl halides is 1. The van der Waals surface area contributed by atoms with E-state index in [1.165, 1.54) is 0 Å². The van der Waals surface area contributed by atoms with E-state index in [9.17, 15) is 0 Å². The van der Waals surface area contributed by atoms with Crippen LogP contribution in [0.2, 0.25) is 0 Å². The molecule has 6 heteroatoms. The second-order valence-corrected chi connectivity index (χ2v) is 3.96. The smallest absolute Gasteiger partial charge is 0.316 e. The molecule has 84 valence electrons. The molecule has 1 atom stereocenters. The fraction of sp³-hybridized carbons (Fsp3) is 0.778. The van der Waals surface area contributed by atoms with Crippen molar-refractivity contribution in [3.8, 4) is 0 Å². The minimum Gasteiger partial charge on any atom is -0.407 e. The normalized spacial score (nSPS) is 25.7. The zero-order valence-electron chi connectivity index (χ0n) is 8.62. The van der Waals surface area contributed by atoms with Gasteiger partial charge in [-0.15, -0.1) is 16.7 Å². The van der Waals surface area contributed by atoms with Crippen LogP contribution in [0, 0.1) is 0 Å². The number of halogens is 1. The van der Waals surface area contributed by atoms with Gasteiger partial charge in [0.1, 0.15) is 5.88 Å². The molecule has 1 N–H and O–H groups in total. The largest absolute Gasteiger partial charge is 0.407 e. The molecule has 0 spiro atoms. The quantitative estimate of drug-likeness (QED) is 0.801. The molecule has 1 aromatic rings. The minimum absolute atomic E-state index is 0.0594. The van der Waals surface area contributed by atoms with Gasteiger partial charge in [0.15, 0.2) is 0 Å². The number of aromatic nitrogens is 2. The summed E-state index contributed by atoms with van der Waals surface area (Å²) in [4.78, 5) is 0. The van der Waals surface area contributed by atoms with E-state index < -0.39 is 0 Å². The minimum atomic E-state index is -0.0594. The van der Waals surface area contributed by atoms with Crippen LogP contribution >= 0.6 is 11.6 Å². The molecule has 1 aliphatic heterocycles. The molecule has 1 aliphatic rings. The van der Waals surface area contributed by atoms with E-state index in [0.717, 1.165) is 19.4 Å². The number of hydrogen-bond acceptors (Lipinski definition) is 5. The molecule has 1 saturated heterocycles. The third kappa shape index (κ3) is 2.23. The van der Waals surface area contributed by atoms with Gasteiger partial charge in [-0.3, -0.25) is 0 Å². The fourth-order valence-corrected chi connectivity index (χ4v) is 1.77. The van der Waals surface area contributed by atoms with E-state index in [-0.39, 0.29) is 11.4 Å². The van der Waals surface area contributed by atoms with Crippen LogP contribution < -0.4 is 5.32 Å². The maximum atomic E-state index is 5.58. The van der Waals surface area contributed by atoms with Gasteiger partial charge < -0.3 is 14.5 Å². The number of hydrogen-bond donors (Lipinski definition) is 1. The molecule has 1 fully saturated rings. The van der Waals surface area contributed by atoms with Gasteiger partial charge in [0.05, 0.1) is 12.1 Å². The second kappa shape index (κ2) is 4.37. The molecule has 1 unspecified atom stereocenters. The van der Waals surface area contributed by atoms with Gasteiger partial charge in [-0.1, -0.05) is 12.0 Å². The summed E-state index contributed by atoms with van der Waals surface area (Å²) >= 11 is 5.58. The van der Waals surface area contributed by atoms with Crippen molar-refractivity contribution < 1.29 is 9.15 Å². The van der Waals surface area contributed by atoms with Crippen molar-refractivity contribution in [1.29, 1.82) is 0 Å². The summed E-state index contributed by atoms with van der Waals surface area (Å²) in [6, 6.07) is 0.429. The summed E-state index contributed by atoms with van der Waals surface area (Å²) in [5.74, 6) is 0.675. The van der Waals surface area contributed by atoms with Crippen molar-refractivity contribution in [2.75, 3.05) is 18.5 Å². The third-order valence-electron chi connectivity index (χ3n) is 2.73. The maximum Gasteiger partial charge on any atom is 0.316 e. The highest BCUT2D eigenvalue weighted by Crippen LogP contribution is 2.26. The molecule has 1 aromatic heterocycles. The topological polar surface area (TPSA) is 60.2 Å². The summed E-state index contributed by atoms with van der Waals surface area (Å²) in [5, 5.41) is 10.9. The van der Waals surface area contributed by atoms with E-state index in [0.29, 0.717) is 18.5 Å². The monoisotopic (exact) mass is 231 g/mol. The van der Waals surface area contributed by atoms with Gasteiger partial charge in [-0.25, -0.2) is 0 Å². The molecular formula is C9H14ClN3O2. The highest BCUT2D eigenvalue weighted by Gasteiger charge is 2.34. The van der Waals surface area contributed by atoms with Gasteiger partial charge in [-0.2, -0.15) is 0 Å². The van der Waals surface area contributed by atoms with Crippen LogP contribution in [0.1, 0.15) is 25.7 Å². The number of rotatable bonds is 4. The Labute approximate surface area is 93.1 Å². The molecule has 0 amide bonds.